The lowest BCUT2D eigenvalue weighted by Crippen LogP contribution is -2.21. The van der Waals surface area contributed by atoms with Crippen molar-refractivity contribution in [3.63, 3.8) is 0 Å². The zero-order chi connectivity index (χ0) is 19.0. The van der Waals surface area contributed by atoms with Crippen LogP contribution in [0.5, 0.6) is 5.75 Å². The van der Waals surface area contributed by atoms with Crippen LogP contribution in [0.3, 0.4) is 0 Å². The monoisotopic (exact) mass is 377 g/mol. The SMILES string of the molecule is COc1ccc2cc(/C=C/c3nc4ccccc4n(C)c3=O)c(Cl)nc2c1. The van der Waals surface area contributed by atoms with Crippen LogP contribution in [0.15, 0.2) is 53.3 Å². The number of para-hydroxylation sites is 2. The normalized spacial score (nSPS) is 11.5. The zero-order valence-corrected chi connectivity index (χ0v) is 15.6. The van der Waals surface area contributed by atoms with E-state index in [0.717, 1.165) is 27.7 Å². The number of benzene rings is 2. The summed E-state index contributed by atoms with van der Waals surface area (Å²) < 4.78 is 6.81. The maximum absolute atomic E-state index is 12.6. The molecule has 2 heterocycles. The molecule has 4 aromatic rings. The Morgan fingerprint density at radius 1 is 1.04 bits per heavy atom. The molecule has 4 rings (SSSR count). The molecule has 2 aromatic heterocycles. The van der Waals surface area contributed by atoms with Crippen LogP contribution < -0.4 is 10.3 Å². The molecule has 0 aliphatic rings. The molecule has 0 saturated carbocycles. The number of hydrogen-bond donors (Lipinski definition) is 0. The third-order valence-corrected chi connectivity index (χ3v) is 4.74. The van der Waals surface area contributed by atoms with E-state index >= 15 is 0 Å². The average molecular weight is 378 g/mol. The number of nitrogens with zero attached hydrogens (tertiary/aromatic N) is 3. The molecule has 0 atom stereocenters. The molecule has 0 aliphatic heterocycles. The highest BCUT2D eigenvalue weighted by atomic mass is 35.5. The molecule has 0 bridgehead atoms. The highest BCUT2D eigenvalue weighted by Crippen LogP contribution is 2.25. The molecule has 2 aromatic carbocycles. The van der Waals surface area contributed by atoms with Crippen LogP contribution >= 0.6 is 11.6 Å². The van der Waals surface area contributed by atoms with Gasteiger partial charge in [0.15, 0.2) is 0 Å². The summed E-state index contributed by atoms with van der Waals surface area (Å²) in [6, 6.07) is 15.1. The summed E-state index contributed by atoms with van der Waals surface area (Å²) in [4.78, 5) is 21.4. The second-order valence-corrected chi connectivity index (χ2v) is 6.47. The van der Waals surface area contributed by atoms with Gasteiger partial charge in [-0.15, -0.1) is 0 Å². The van der Waals surface area contributed by atoms with Gasteiger partial charge in [0.05, 0.1) is 23.7 Å². The molecule has 6 heteroatoms. The van der Waals surface area contributed by atoms with Crippen molar-refractivity contribution < 1.29 is 4.74 Å². The number of fused-ring (bicyclic) bond motifs is 2. The Labute approximate surface area is 160 Å². The lowest BCUT2D eigenvalue weighted by Gasteiger charge is -2.06. The lowest BCUT2D eigenvalue weighted by molar-refractivity contribution is 0.415. The third kappa shape index (κ3) is 3.17. The Kier molecular flexibility index (Phi) is 4.38. The molecule has 0 saturated heterocycles. The van der Waals surface area contributed by atoms with E-state index in [1.807, 2.05) is 48.5 Å². The molecule has 0 aliphatic carbocycles. The molecule has 27 heavy (non-hydrogen) atoms. The summed E-state index contributed by atoms with van der Waals surface area (Å²) in [5.41, 5.74) is 3.19. The average Bonchev–Trinajstić information content (AvgIpc) is 2.69. The number of pyridine rings is 1. The van der Waals surface area contributed by atoms with Gasteiger partial charge in [0, 0.05) is 24.1 Å². The van der Waals surface area contributed by atoms with Gasteiger partial charge in [0.25, 0.3) is 5.56 Å². The van der Waals surface area contributed by atoms with Crippen molar-refractivity contribution in [2.75, 3.05) is 7.11 Å². The van der Waals surface area contributed by atoms with Crippen LogP contribution in [0, 0.1) is 0 Å². The van der Waals surface area contributed by atoms with Gasteiger partial charge in [-0.2, -0.15) is 0 Å². The minimum atomic E-state index is -0.167. The van der Waals surface area contributed by atoms with Gasteiger partial charge >= 0.3 is 0 Å². The second-order valence-electron chi connectivity index (χ2n) is 6.11. The van der Waals surface area contributed by atoms with Crippen LogP contribution in [0.2, 0.25) is 5.15 Å². The molecule has 0 unspecified atom stereocenters. The van der Waals surface area contributed by atoms with Gasteiger partial charge in [-0.25, -0.2) is 9.97 Å². The molecular formula is C21H16ClN3O2. The van der Waals surface area contributed by atoms with Gasteiger partial charge in [-0.05, 0) is 42.5 Å². The van der Waals surface area contributed by atoms with Crippen molar-refractivity contribution in [3.8, 4) is 5.75 Å². The van der Waals surface area contributed by atoms with Crippen LogP contribution in [-0.2, 0) is 7.05 Å². The maximum atomic E-state index is 12.6. The fourth-order valence-electron chi connectivity index (χ4n) is 2.96. The van der Waals surface area contributed by atoms with E-state index in [1.165, 1.54) is 0 Å². The Hall–Kier alpha value is -3.18. The van der Waals surface area contributed by atoms with Crippen molar-refractivity contribution in [1.29, 1.82) is 0 Å². The van der Waals surface area contributed by atoms with Crippen molar-refractivity contribution in [2.24, 2.45) is 7.05 Å². The molecule has 0 radical (unpaired) electrons. The minimum Gasteiger partial charge on any atom is -0.497 e. The number of rotatable bonds is 3. The quantitative estimate of drug-likeness (QED) is 0.499. The Morgan fingerprint density at radius 3 is 2.67 bits per heavy atom. The van der Waals surface area contributed by atoms with E-state index in [1.54, 1.807) is 30.9 Å². The minimum absolute atomic E-state index is 0.167. The smallest absolute Gasteiger partial charge is 0.276 e. The first-order chi connectivity index (χ1) is 13.1. The van der Waals surface area contributed by atoms with Crippen molar-refractivity contribution in [2.45, 2.75) is 0 Å². The fraction of sp³-hybridized carbons (Fsp3) is 0.0952. The van der Waals surface area contributed by atoms with Gasteiger partial charge in [0.2, 0.25) is 0 Å². The highest BCUT2D eigenvalue weighted by Gasteiger charge is 2.07. The predicted molar refractivity (Wildman–Crippen MR) is 109 cm³/mol. The maximum Gasteiger partial charge on any atom is 0.276 e. The number of halogens is 1. The van der Waals surface area contributed by atoms with Crippen LogP contribution in [0.25, 0.3) is 34.1 Å². The third-order valence-electron chi connectivity index (χ3n) is 4.43. The van der Waals surface area contributed by atoms with Crippen molar-refractivity contribution in [3.05, 3.63) is 75.3 Å². The van der Waals surface area contributed by atoms with Crippen LogP contribution in [0.1, 0.15) is 11.3 Å². The lowest BCUT2D eigenvalue weighted by atomic mass is 10.1. The predicted octanol–water partition coefficient (Wildman–Crippen LogP) is 4.31. The topological polar surface area (TPSA) is 57.0 Å². The molecule has 0 N–H and O–H groups in total. The summed E-state index contributed by atoms with van der Waals surface area (Å²) in [6.45, 7) is 0. The summed E-state index contributed by atoms with van der Waals surface area (Å²) in [6.07, 6.45) is 3.44. The van der Waals surface area contributed by atoms with Crippen molar-refractivity contribution >= 4 is 45.7 Å². The van der Waals surface area contributed by atoms with E-state index < -0.39 is 0 Å². The van der Waals surface area contributed by atoms with E-state index in [9.17, 15) is 4.79 Å². The first-order valence-electron chi connectivity index (χ1n) is 8.35. The van der Waals surface area contributed by atoms with E-state index in [-0.39, 0.29) is 5.56 Å². The summed E-state index contributed by atoms with van der Waals surface area (Å²) in [5, 5.41) is 1.28. The fourth-order valence-corrected chi connectivity index (χ4v) is 3.17. The summed E-state index contributed by atoms with van der Waals surface area (Å²) in [7, 11) is 3.35. The Balaban J connectivity index is 1.79. The number of aromatic nitrogens is 3. The van der Waals surface area contributed by atoms with E-state index in [2.05, 4.69) is 9.97 Å². The van der Waals surface area contributed by atoms with E-state index in [4.69, 9.17) is 16.3 Å². The second kappa shape index (κ2) is 6.85. The van der Waals surface area contributed by atoms with Crippen molar-refractivity contribution in [1.82, 2.24) is 14.5 Å². The number of methoxy groups -OCH3 is 1. The van der Waals surface area contributed by atoms with Gasteiger partial charge in [0.1, 0.15) is 16.6 Å². The molecule has 134 valence electrons. The standard InChI is InChI=1S/C21H16ClN3O2/c1-25-19-6-4-3-5-16(19)23-17(21(25)26)10-8-14-11-13-7-9-15(27-2)12-18(13)24-20(14)22/h3-12H,1-2H3/b10-8+. The zero-order valence-electron chi connectivity index (χ0n) is 14.8. The molecule has 0 spiro atoms. The molecular weight excluding hydrogens is 362 g/mol. The first kappa shape index (κ1) is 17.2. The highest BCUT2D eigenvalue weighted by molar-refractivity contribution is 6.31. The Morgan fingerprint density at radius 2 is 1.85 bits per heavy atom. The molecule has 5 nitrogen and oxygen atoms in total. The van der Waals surface area contributed by atoms with Gasteiger partial charge < -0.3 is 9.30 Å². The van der Waals surface area contributed by atoms with Crippen LogP contribution in [-0.4, -0.2) is 21.6 Å². The summed E-state index contributed by atoms with van der Waals surface area (Å²) in [5.74, 6) is 0.721. The largest absolute Gasteiger partial charge is 0.497 e. The first-order valence-corrected chi connectivity index (χ1v) is 8.73. The van der Waals surface area contributed by atoms with Gasteiger partial charge in [-0.1, -0.05) is 23.7 Å². The molecule has 0 amide bonds. The number of hydrogen-bond acceptors (Lipinski definition) is 4. The van der Waals surface area contributed by atoms with Gasteiger partial charge in [-0.3, -0.25) is 4.79 Å². The number of ether oxygens (including phenoxy) is 1. The van der Waals surface area contributed by atoms with Crippen LogP contribution in [0.4, 0.5) is 0 Å². The Bertz CT molecular complexity index is 1260. The summed E-state index contributed by atoms with van der Waals surface area (Å²) >= 11 is 6.32. The molecule has 0 fully saturated rings. The van der Waals surface area contributed by atoms with E-state index in [0.29, 0.717) is 16.4 Å². The number of aryl methyl sites for hydroxylation is 1.